The monoisotopic (exact) mass is 230 g/mol. The largest absolute Gasteiger partial charge is 0.469 e. The minimum Gasteiger partial charge on any atom is -0.469 e. The van der Waals surface area contributed by atoms with Crippen LogP contribution in [0.1, 0.15) is 0 Å². The zero-order chi connectivity index (χ0) is 10.6. The third-order valence-electron chi connectivity index (χ3n) is 3.17. The molecule has 3 heterocycles. The van der Waals surface area contributed by atoms with Crippen LogP contribution in [0.25, 0.3) is 0 Å². The molecule has 3 aliphatic heterocycles. The van der Waals surface area contributed by atoms with E-state index in [0.717, 1.165) is 0 Å². The van der Waals surface area contributed by atoms with Crippen molar-refractivity contribution < 1.29 is 22.7 Å². The third kappa shape index (κ3) is 1.04. The summed E-state index contributed by atoms with van der Waals surface area (Å²) in [5.41, 5.74) is -0.658. The van der Waals surface area contributed by atoms with E-state index in [1.165, 1.54) is 7.11 Å². The highest BCUT2D eigenvalue weighted by Crippen LogP contribution is 2.49. The molecule has 2 bridgehead atoms. The van der Waals surface area contributed by atoms with Crippen molar-refractivity contribution in [3.05, 3.63) is 12.2 Å². The average Bonchev–Trinajstić information content (AvgIpc) is 2.88. The Morgan fingerprint density at radius 2 is 2.47 bits per heavy atom. The van der Waals surface area contributed by atoms with E-state index in [0.29, 0.717) is 0 Å². The number of esters is 1. The minimum absolute atomic E-state index is 0.255. The smallest absolute Gasteiger partial charge is 0.313 e. The van der Waals surface area contributed by atoms with Crippen molar-refractivity contribution in [2.75, 3.05) is 13.7 Å². The van der Waals surface area contributed by atoms with Crippen LogP contribution in [0.3, 0.4) is 0 Å². The zero-order valence-corrected chi connectivity index (χ0v) is 8.86. The number of hydrogen-bond acceptors (Lipinski definition) is 5. The van der Waals surface area contributed by atoms with Crippen LogP contribution in [-0.4, -0.2) is 40.8 Å². The van der Waals surface area contributed by atoms with Crippen LogP contribution < -0.4 is 0 Å². The molecule has 0 aliphatic carbocycles. The summed E-state index contributed by atoms with van der Waals surface area (Å²) in [6, 6.07) is 0. The van der Waals surface area contributed by atoms with E-state index in [9.17, 15) is 9.00 Å². The Morgan fingerprint density at radius 1 is 1.67 bits per heavy atom. The van der Waals surface area contributed by atoms with Crippen molar-refractivity contribution in [1.82, 2.24) is 0 Å². The molecule has 5 atom stereocenters. The summed E-state index contributed by atoms with van der Waals surface area (Å²) in [5, 5.41) is -0.417. The Bertz CT molecular complexity index is 379. The number of fused-ring (bicyclic) bond motifs is 1. The number of hydrogen-bond donors (Lipinski definition) is 0. The van der Waals surface area contributed by atoms with E-state index in [2.05, 4.69) is 0 Å². The van der Waals surface area contributed by atoms with Gasteiger partial charge in [-0.2, -0.15) is 0 Å². The van der Waals surface area contributed by atoms with Crippen LogP contribution in [-0.2, 0) is 29.5 Å². The maximum absolute atomic E-state index is 11.6. The molecule has 6 heteroatoms. The van der Waals surface area contributed by atoms with Crippen molar-refractivity contribution in [2.24, 2.45) is 5.92 Å². The SMILES string of the molecule is COC(=O)[C@H]1[C@H]2C=C[C@@]3(COS(=O)[C@H]13)O2. The van der Waals surface area contributed by atoms with Gasteiger partial charge >= 0.3 is 5.97 Å². The predicted molar refractivity (Wildman–Crippen MR) is 50.1 cm³/mol. The van der Waals surface area contributed by atoms with Crippen molar-refractivity contribution in [3.8, 4) is 0 Å². The van der Waals surface area contributed by atoms with E-state index in [-0.39, 0.29) is 18.7 Å². The van der Waals surface area contributed by atoms with Crippen LogP contribution in [0.4, 0.5) is 0 Å². The van der Waals surface area contributed by atoms with Gasteiger partial charge in [0.15, 0.2) is 11.1 Å². The molecule has 0 aromatic heterocycles. The summed E-state index contributed by atoms with van der Waals surface area (Å²) in [7, 11) is 1.32. The topological polar surface area (TPSA) is 61.8 Å². The molecule has 3 aliphatic rings. The summed E-state index contributed by atoms with van der Waals surface area (Å²) in [6.07, 6.45) is 3.37. The molecule has 15 heavy (non-hydrogen) atoms. The highest BCUT2D eigenvalue weighted by molar-refractivity contribution is 7.81. The number of methoxy groups -OCH3 is 1. The quantitative estimate of drug-likeness (QED) is 0.451. The van der Waals surface area contributed by atoms with E-state index in [4.69, 9.17) is 13.7 Å². The summed E-state index contributed by atoms with van der Waals surface area (Å²) in [6.45, 7) is 0.255. The Morgan fingerprint density at radius 3 is 3.20 bits per heavy atom. The Hall–Kier alpha value is -0.720. The standard InChI is InChI=1S/C9H10O5S/c1-12-8(10)6-5-2-3-9(14-5)4-13-15(11)7(6)9/h2-3,5-7H,4H2,1H3/t5-,6+,7-,9+,15?/m1/s1. The van der Waals surface area contributed by atoms with Crippen LogP contribution >= 0.6 is 0 Å². The van der Waals surface area contributed by atoms with Gasteiger partial charge in [-0.3, -0.25) is 8.98 Å². The van der Waals surface area contributed by atoms with Crippen molar-refractivity contribution >= 4 is 17.0 Å². The van der Waals surface area contributed by atoms with E-state index >= 15 is 0 Å². The second-order valence-electron chi connectivity index (χ2n) is 3.89. The third-order valence-corrected chi connectivity index (χ3v) is 4.62. The first-order chi connectivity index (χ1) is 7.18. The Kier molecular flexibility index (Phi) is 1.84. The molecule has 0 radical (unpaired) electrons. The highest BCUT2D eigenvalue weighted by Gasteiger charge is 2.66. The number of ether oxygens (including phenoxy) is 2. The lowest BCUT2D eigenvalue weighted by molar-refractivity contribution is -0.146. The van der Waals surface area contributed by atoms with E-state index < -0.39 is 27.8 Å². The van der Waals surface area contributed by atoms with Crippen molar-refractivity contribution in [1.29, 1.82) is 0 Å². The first-order valence-electron chi connectivity index (χ1n) is 4.67. The number of rotatable bonds is 1. The lowest BCUT2D eigenvalue weighted by atomic mass is 9.86. The highest BCUT2D eigenvalue weighted by atomic mass is 32.2. The maximum atomic E-state index is 11.6. The Balaban J connectivity index is 2.02. The molecule has 0 N–H and O–H groups in total. The zero-order valence-electron chi connectivity index (χ0n) is 8.04. The van der Waals surface area contributed by atoms with Crippen LogP contribution in [0, 0.1) is 5.92 Å². The first-order valence-corrected chi connectivity index (χ1v) is 5.81. The van der Waals surface area contributed by atoms with Gasteiger partial charge < -0.3 is 9.47 Å². The van der Waals surface area contributed by atoms with Gasteiger partial charge in [-0.05, 0) is 0 Å². The average molecular weight is 230 g/mol. The Labute approximate surface area is 89.0 Å². The summed E-state index contributed by atoms with van der Waals surface area (Å²) in [4.78, 5) is 11.6. The second-order valence-corrected chi connectivity index (χ2v) is 5.15. The maximum Gasteiger partial charge on any atom is 0.313 e. The van der Waals surface area contributed by atoms with Crippen molar-refractivity contribution in [3.63, 3.8) is 0 Å². The minimum atomic E-state index is -1.47. The van der Waals surface area contributed by atoms with E-state index in [1.54, 1.807) is 0 Å². The van der Waals surface area contributed by atoms with Gasteiger partial charge in [-0.25, -0.2) is 4.21 Å². The normalized spacial score (nSPS) is 50.7. The summed E-state index contributed by atoms with van der Waals surface area (Å²) >= 11 is -1.47. The molecule has 1 unspecified atom stereocenters. The molecule has 0 aromatic rings. The van der Waals surface area contributed by atoms with Gasteiger partial charge in [0.05, 0.1) is 19.8 Å². The second kappa shape index (κ2) is 2.90. The molecule has 0 saturated carbocycles. The van der Waals surface area contributed by atoms with Crippen LogP contribution in [0.5, 0.6) is 0 Å². The first kappa shape index (κ1) is 9.50. The molecular weight excluding hydrogens is 220 g/mol. The fourth-order valence-electron chi connectivity index (χ4n) is 2.48. The lowest BCUT2D eigenvalue weighted by Crippen LogP contribution is -2.42. The fourth-order valence-corrected chi connectivity index (χ4v) is 3.97. The molecule has 82 valence electrons. The van der Waals surface area contributed by atoms with Gasteiger partial charge in [-0.15, -0.1) is 0 Å². The van der Waals surface area contributed by atoms with E-state index in [1.807, 2.05) is 12.2 Å². The molecule has 0 amide bonds. The number of carbonyl (C=O) groups excluding carboxylic acids is 1. The lowest BCUT2D eigenvalue weighted by Gasteiger charge is -2.21. The van der Waals surface area contributed by atoms with Gasteiger partial charge in [0.1, 0.15) is 16.8 Å². The molecular formula is C9H10O5S. The molecule has 0 aromatic carbocycles. The van der Waals surface area contributed by atoms with Gasteiger partial charge in [0.25, 0.3) is 0 Å². The molecule has 2 fully saturated rings. The van der Waals surface area contributed by atoms with Crippen LogP contribution in [0.15, 0.2) is 12.2 Å². The predicted octanol–water partition coefficient (Wildman–Crippen LogP) is -0.455. The fraction of sp³-hybridized carbons (Fsp3) is 0.667. The van der Waals surface area contributed by atoms with Gasteiger partial charge in [0.2, 0.25) is 0 Å². The number of carbonyl (C=O) groups is 1. The van der Waals surface area contributed by atoms with Gasteiger partial charge in [0, 0.05) is 0 Å². The molecule has 2 saturated heterocycles. The summed E-state index contributed by atoms with van der Waals surface area (Å²) < 4.78 is 27.0. The molecule has 5 nitrogen and oxygen atoms in total. The van der Waals surface area contributed by atoms with Crippen LogP contribution in [0.2, 0.25) is 0 Å². The van der Waals surface area contributed by atoms with Gasteiger partial charge in [-0.1, -0.05) is 12.2 Å². The molecule has 3 rings (SSSR count). The molecule has 1 spiro atoms. The van der Waals surface area contributed by atoms with Crippen molar-refractivity contribution in [2.45, 2.75) is 17.0 Å². The summed E-state index contributed by atoms with van der Waals surface area (Å²) in [5.74, 6) is -0.876.